The maximum atomic E-state index is 12.3. The first kappa shape index (κ1) is 19.0. The second kappa shape index (κ2) is 6.78. The number of terminal acetylenes is 1. The fourth-order valence-electron chi connectivity index (χ4n) is 3.15. The minimum Gasteiger partial charge on any atom is -0.381 e. The average Bonchev–Trinajstić information content (AvgIpc) is 3.06. The lowest BCUT2D eigenvalue weighted by atomic mass is 10.0. The molecule has 0 spiro atoms. The summed E-state index contributed by atoms with van der Waals surface area (Å²) in [6.07, 6.45) is 3.98. The Kier molecular flexibility index (Phi) is 4.96. The van der Waals surface area contributed by atoms with Gasteiger partial charge in [0.25, 0.3) is 5.56 Å². The summed E-state index contributed by atoms with van der Waals surface area (Å²) < 4.78 is 40.9. The summed E-state index contributed by atoms with van der Waals surface area (Å²) in [5.74, 6) is 2.20. The van der Waals surface area contributed by atoms with Gasteiger partial charge in [0.15, 0.2) is 6.23 Å². The zero-order valence-corrected chi connectivity index (χ0v) is 15.4. The molecule has 2 aliphatic heterocycles. The Morgan fingerprint density at radius 2 is 2.23 bits per heavy atom. The van der Waals surface area contributed by atoms with Gasteiger partial charge in [-0.15, -0.1) is 6.42 Å². The number of hydrogen-bond donors (Lipinski definition) is 1. The second-order valence-electron chi connectivity index (χ2n) is 6.12. The van der Waals surface area contributed by atoms with E-state index in [0.29, 0.717) is 0 Å². The molecule has 2 bridgehead atoms. The molecule has 0 radical (unpaired) electrons. The van der Waals surface area contributed by atoms with Crippen LogP contribution in [0.3, 0.4) is 0 Å². The highest BCUT2D eigenvalue weighted by atomic mass is 31.2. The average molecular weight is 386 g/mol. The molecular formula is C15H19N2O8P. The molecule has 1 aromatic heterocycles. The summed E-state index contributed by atoms with van der Waals surface area (Å²) in [6, 6.07) is 0. The Morgan fingerprint density at radius 1 is 1.50 bits per heavy atom. The third-order valence-electron chi connectivity index (χ3n) is 4.40. The van der Waals surface area contributed by atoms with E-state index in [1.807, 2.05) is 0 Å². The molecule has 1 N–H and O–H groups in total. The standard InChI is InChI=1S/C15H19N2O8P/c1-5-9-6-17(14(19)16-12(9)18)13-10-11(25-26(4,20)22-3)15(24-13,7-21-2)8-23-10/h1,6,10-11,13H,7-8H2,2-4H3,(H,16,18,19). The minimum absolute atomic E-state index is 0.0349. The van der Waals surface area contributed by atoms with Gasteiger partial charge in [-0.2, -0.15) is 0 Å². The van der Waals surface area contributed by atoms with Gasteiger partial charge < -0.3 is 18.7 Å². The van der Waals surface area contributed by atoms with E-state index in [1.165, 1.54) is 27.1 Å². The molecule has 5 atom stereocenters. The van der Waals surface area contributed by atoms with E-state index in [2.05, 4.69) is 10.9 Å². The molecule has 26 heavy (non-hydrogen) atoms. The van der Waals surface area contributed by atoms with Gasteiger partial charge in [-0.1, -0.05) is 5.92 Å². The molecule has 0 aliphatic carbocycles. The van der Waals surface area contributed by atoms with E-state index in [1.54, 1.807) is 0 Å². The van der Waals surface area contributed by atoms with Crippen LogP contribution in [0.5, 0.6) is 0 Å². The van der Waals surface area contributed by atoms with E-state index in [4.69, 9.17) is 29.7 Å². The van der Waals surface area contributed by atoms with Crippen LogP contribution >= 0.6 is 7.60 Å². The van der Waals surface area contributed by atoms with Crippen LogP contribution in [-0.4, -0.2) is 61.5 Å². The number of aromatic amines is 1. The highest BCUT2D eigenvalue weighted by Gasteiger charge is 2.64. The van der Waals surface area contributed by atoms with Crippen LogP contribution in [0.25, 0.3) is 0 Å². The van der Waals surface area contributed by atoms with Crippen molar-refractivity contribution in [3.63, 3.8) is 0 Å². The predicted molar refractivity (Wildman–Crippen MR) is 89.1 cm³/mol. The summed E-state index contributed by atoms with van der Waals surface area (Å²) >= 11 is 0. The van der Waals surface area contributed by atoms with E-state index in [0.717, 1.165) is 4.57 Å². The van der Waals surface area contributed by atoms with Crippen LogP contribution in [0.15, 0.2) is 15.8 Å². The zero-order chi connectivity index (χ0) is 19.1. The number of methoxy groups -OCH3 is 1. The summed E-state index contributed by atoms with van der Waals surface area (Å²) in [4.78, 5) is 26.0. The molecule has 0 saturated carbocycles. The Balaban J connectivity index is 2.02. The lowest BCUT2D eigenvalue weighted by molar-refractivity contribution is -0.190. The van der Waals surface area contributed by atoms with Gasteiger partial charge in [0.05, 0.1) is 13.2 Å². The topological polar surface area (TPSA) is 118 Å². The molecule has 3 rings (SSSR count). The number of nitrogens with zero attached hydrogens (tertiary/aromatic N) is 1. The maximum Gasteiger partial charge on any atom is 0.330 e. The van der Waals surface area contributed by atoms with Crippen molar-refractivity contribution in [2.24, 2.45) is 0 Å². The molecule has 1 aromatic rings. The van der Waals surface area contributed by atoms with E-state index in [9.17, 15) is 14.2 Å². The van der Waals surface area contributed by atoms with Crippen LogP contribution in [0.1, 0.15) is 11.8 Å². The van der Waals surface area contributed by atoms with Crippen molar-refractivity contribution in [2.45, 2.75) is 24.0 Å². The predicted octanol–water partition coefficient (Wildman–Crippen LogP) is -0.315. The summed E-state index contributed by atoms with van der Waals surface area (Å²) in [5, 5.41) is 0. The number of hydrogen-bond acceptors (Lipinski definition) is 8. The Morgan fingerprint density at radius 3 is 2.85 bits per heavy atom. The molecule has 11 heteroatoms. The SMILES string of the molecule is C#Cc1cn(C2OC3(COC)COC2C3OP(C)(=O)OC)c(=O)[nH]c1=O. The number of aromatic nitrogens is 2. The van der Waals surface area contributed by atoms with Crippen molar-refractivity contribution in [3.05, 3.63) is 32.6 Å². The molecule has 10 nitrogen and oxygen atoms in total. The van der Waals surface area contributed by atoms with Crippen molar-refractivity contribution in [1.29, 1.82) is 0 Å². The first-order chi connectivity index (χ1) is 12.3. The normalized spacial score (nSPS) is 32.3. The molecule has 142 valence electrons. The molecule has 5 unspecified atom stereocenters. The molecule has 2 saturated heterocycles. The van der Waals surface area contributed by atoms with Crippen molar-refractivity contribution < 1.29 is 27.8 Å². The van der Waals surface area contributed by atoms with Crippen LogP contribution in [-0.2, 0) is 27.8 Å². The van der Waals surface area contributed by atoms with Crippen molar-refractivity contribution in [3.8, 4) is 12.3 Å². The highest BCUT2D eigenvalue weighted by molar-refractivity contribution is 7.52. The summed E-state index contributed by atoms with van der Waals surface area (Å²) in [6.45, 7) is 1.52. The third-order valence-corrected chi connectivity index (χ3v) is 5.67. The molecule has 0 amide bonds. The fourth-order valence-corrected chi connectivity index (χ4v) is 3.96. The van der Waals surface area contributed by atoms with Crippen LogP contribution < -0.4 is 11.2 Å². The van der Waals surface area contributed by atoms with E-state index in [-0.39, 0.29) is 18.8 Å². The zero-order valence-electron chi connectivity index (χ0n) is 14.5. The van der Waals surface area contributed by atoms with Gasteiger partial charge >= 0.3 is 13.3 Å². The summed E-state index contributed by atoms with van der Waals surface area (Å²) in [7, 11) is -0.628. The second-order valence-corrected chi connectivity index (χ2v) is 8.23. The van der Waals surface area contributed by atoms with Gasteiger partial charge in [0.2, 0.25) is 0 Å². The molecular weight excluding hydrogens is 367 g/mol. The smallest absolute Gasteiger partial charge is 0.330 e. The van der Waals surface area contributed by atoms with E-state index < -0.39 is 42.9 Å². The molecule has 2 aliphatic rings. The van der Waals surface area contributed by atoms with Gasteiger partial charge in [-0.25, -0.2) is 4.79 Å². The number of fused-ring (bicyclic) bond motifs is 2. The molecule has 2 fully saturated rings. The van der Waals surface area contributed by atoms with Crippen LogP contribution in [0.2, 0.25) is 0 Å². The molecule has 3 heterocycles. The lowest BCUT2D eigenvalue weighted by Gasteiger charge is -2.31. The van der Waals surface area contributed by atoms with Gasteiger partial charge in [0, 0.05) is 27.1 Å². The number of nitrogens with one attached hydrogen (secondary N) is 1. The van der Waals surface area contributed by atoms with Crippen LogP contribution in [0, 0.1) is 12.3 Å². The maximum absolute atomic E-state index is 12.3. The van der Waals surface area contributed by atoms with Crippen LogP contribution in [0.4, 0.5) is 0 Å². The highest BCUT2D eigenvalue weighted by Crippen LogP contribution is 2.54. The number of rotatable bonds is 6. The minimum atomic E-state index is -3.37. The van der Waals surface area contributed by atoms with Gasteiger partial charge in [-0.3, -0.25) is 23.4 Å². The number of H-pyrrole nitrogens is 1. The Bertz CT molecular complexity index is 902. The Hall–Kier alpha value is -1.73. The first-order valence-electron chi connectivity index (χ1n) is 7.69. The fraction of sp³-hybridized carbons (Fsp3) is 0.600. The third kappa shape index (κ3) is 3.07. The lowest BCUT2D eigenvalue weighted by Crippen LogP contribution is -2.46. The first-order valence-corrected chi connectivity index (χ1v) is 9.68. The number of ether oxygens (including phenoxy) is 3. The molecule has 0 aromatic carbocycles. The quantitative estimate of drug-likeness (QED) is 0.522. The van der Waals surface area contributed by atoms with Gasteiger partial charge in [0.1, 0.15) is 23.4 Å². The van der Waals surface area contributed by atoms with Crippen molar-refractivity contribution in [1.82, 2.24) is 9.55 Å². The monoisotopic (exact) mass is 386 g/mol. The summed E-state index contributed by atoms with van der Waals surface area (Å²) in [5.41, 5.74) is -2.50. The van der Waals surface area contributed by atoms with Gasteiger partial charge in [-0.05, 0) is 0 Å². The van der Waals surface area contributed by atoms with Crippen molar-refractivity contribution in [2.75, 3.05) is 34.1 Å². The van der Waals surface area contributed by atoms with Crippen molar-refractivity contribution >= 4 is 7.60 Å². The Labute approximate surface area is 148 Å². The van der Waals surface area contributed by atoms with E-state index >= 15 is 0 Å². The largest absolute Gasteiger partial charge is 0.381 e.